The van der Waals surface area contributed by atoms with Gasteiger partial charge in [-0.15, -0.1) is 11.3 Å². The normalized spacial score (nSPS) is 13.3. The first-order valence-corrected chi connectivity index (χ1v) is 12.6. The Morgan fingerprint density at radius 3 is 2.61 bits per heavy atom. The van der Waals surface area contributed by atoms with Crippen LogP contribution in [0.15, 0.2) is 24.5 Å². The van der Waals surface area contributed by atoms with E-state index in [2.05, 4.69) is 23.3 Å². The lowest BCUT2D eigenvalue weighted by Gasteiger charge is -2.19. The molecule has 0 unspecified atom stereocenters. The summed E-state index contributed by atoms with van der Waals surface area (Å²) in [5.74, 6) is 2.39. The van der Waals surface area contributed by atoms with E-state index in [9.17, 15) is 0 Å². The van der Waals surface area contributed by atoms with Crippen molar-refractivity contribution in [2.24, 2.45) is 0 Å². The molecule has 0 saturated heterocycles. The molecule has 172 valence electrons. The lowest BCUT2D eigenvalue weighted by molar-refractivity contribution is 0.354. The minimum absolute atomic E-state index is 0.746. The van der Waals surface area contributed by atoms with Gasteiger partial charge in [0.05, 0.1) is 24.4 Å². The number of fused-ring (bicyclic) bond motifs is 5. The van der Waals surface area contributed by atoms with Gasteiger partial charge >= 0.3 is 0 Å². The van der Waals surface area contributed by atoms with Crippen LogP contribution >= 0.6 is 11.3 Å². The van der Waals surface area contributed by atoms with Crippen molar-refractivity contribution in [2.75, 3.05) is 26.1 Å². The fourth-order valence-electron chi connectivity index (χ4n) is 4.87. The molecule has 0 spiro atoms. The van der Waals surface area contributed by atoms with Gasteiger partial charge in [-0.3, -0.25) is 0 Å². The summed E-state index contributed by atoms with van der Waals surface area (Å²) in [5.41, 5.74) is 6.49. The molecule has 5 rings (SSSR count). The molecule has 3 aromatic heterocycles. The summed E-state index contributed by atoms with van der Waals surface area (Å²) >= 11 is 1.72. The number of rotatable bonds is 8. The molecule has 7 heteroatoms. The molecule has 0 aliphatic heterocycles. The number of aromatic nitrogens is 3. The molecule has 0 saturated carbocycles. The van der Waals surface area contributed by atoms with Gasteiger partial charge in [0.25, 0.3) is 0 Å². The van der Waals surface area contributed by atoms with Gasteiger partial charge in [-0.2, -0.15) is 0 Å². The van der Waals surface area contributed by atoms with E-state index in [-0.39, 0.29) is 0 Å². The van der Waals surface area contributed by atoms with Crippen LogP contribution < -0.4 is 14.8 Å². The molecule has 0 amide bonds. The average Bonchev–Trinajstić information content (AvgIpc) is 3.23. The summed E-state index contributed by atoms with van der Waals surface area (Å²) < 4.78 is 11.9. The van der Waals surface area contributed by atoms with Gasteiger partial charge in [0.15, 0.2) is 11.5 Å². The molecule has 1 aliphatic rings. The van der Waals surface area contributed by atoms with Gasteiger partial charge in [0.1, 0.15) is 17.0 Å². The molecule has 1 N–H and O–H groups in total. The van der Waals surface area contributed by atoms with E-state index < -0.39 is 0 Å². The van der Waals surface area contributed by atoms with Crippen LogP contribution in [-0.2, 0) is 25.7 Å². The van der Waals surface area contributed by atoms with Gasteiger partial charge in [0, 0.05) is 17.6 Å². The lowest BCUT2D eigenvalue weighted by Crippen LogP contribution is -2.09. The van der Waals surface area contributed by atoms with Crippen LogP contribution in [0.5, 0.6) is 11.5 Å². The predicted molar refractivity (Wildman–Crippen MR) is 135 cm³/mol. The van der Waals surface area contributed by atoms with Crippen LogP contribution in [0, 0.1) is 0 Å². The topological polar surface area (TPSA) is 69.2 Å². The summed E-state index contributed by atoms with van der Waals surface area (Å²) in [6.07, 6.45) is 9.49. The van der Waals surface area contributed by atoms with Crippen molar-refractivity contribution in [3.8, 4) is 11.5 Å². The molecular weight excluding hydrogens is 432 g/mol. The van der Waals surface area contributed by atoms with Crippen molar-refractivity contribution in [1.29, 1.82) is 0 Å². The Kier molecular flexibility index (Phi) is 6.31. The van der Waals surface area contributed by atoms with E-state index in [0.29, 0.717) is 0 Å². The van der Waals surface area contributed by atoms with Gasteiger partial charge in [0.2, 0.25) is 0 Å². The van der Waals surface area contributed by atoms with Crippen molar-refractivity contribution >= 4 is 37.6 Å². The Bertz CT molecular complexity index is 1300. The third kappa shape index (κ3) is 4.10. The molecule has 33 heavy (non-hydrogen) atoms. The Balaban J connectivity index is 1.45. The molecule has 0 atom stereocenters. The zero-order valence-electron chi connectivity index (χ0n) is 19.5. The molecule has 0 bridgehead atoms. The van der Waals surface area contributed by atoms with Crippen molar-refractivity contribution in [3.05, 3.63) is 46.9 Å². The maximum Gasteiger partial charge on any atom is 0.160 e. The minimum atomic E-state index is 0.746. The summed E-state index contributed by atoms with van der Waals surface area (Å²) in [7, 11) is 3.32. The lowest BCUT2D eigenvalue weighted by atomic mass is 9.88. The number of hydrogen-bond donors (Lipinski definition) is 1. The van der Waals surface area contributed by atoms with Crippen LogP contribution in [0.1, 0.15) is 48.6 Å². The highest BCUT2D eigenvalue weighted by atomic mass is 32.1. The first-order valence-electron chi connectivity index (χ1n) is 11.8. The molecular formula is C26H30N4O2S. The van der Waals surface area contributed by atoms with Gasteiger partial charge in [-0.25, -0.2) is 15.0 Å². The van der Waals surface area contributed by atoms with Crippen LogP contribution in [0.3, 0.4) is 0 Å². The highest BCUT2D eigenvalue weighted by Gasteiger charge is 2.22. The monoisotopic (exact) mass is 462 g/mol. The van der Waals surface area contributed by atoms with E-state index >= 15 is 0 Å². The smallest absolute Gasteiger partial charge is 0.160 e. The first-order chi connectivity index (χ1) is 16.2. The fraction of sp³-hybridized carbons (Fsp3) is 0.423. The van der Waals surface area contributed by atoms with Crippen molar-refractivity contribution in [2.45, 2.75) is 51.9 Å². The zero-order chi connectivity index (χ0) is 22.8. The number of thiophene rings is 1. The average molecular weight is 463 g/mol. The SMILES string of the molecule is CCCc1nc2sc3c(NCCc4ccc(OC)c(OC)c4)ncnc3c2c2c1CCCC2. The first kappa shape index (κ1) is 21.9. The largest absolute Gasteiger partial charge is 0.493 e. The van der Waals surface area contributed by atoms with E-state index in [1.54, 1.807) is 31.9 Å². The summed E-state index contributed by atoms with van der Waals surface area (Å²) in [4.78, 5) is 15.5. The standard InChI is InChI=1S/C26H30N4O2S/c1-4-7-19-17-8-5-6-9-18(17)22-23-24(33-26(22)30-19)25(29-15-28-23)27-13-12-16-10-11-20(31-2)21(14-16)32-3/h10-11,14-15H,4-9,12-13H2,1-3H3,(H,27,28,29). The maximum atomic E-state index is 5.43. The number of hydrogen-bond acceptors (Lipinski definition) is 7. The van der Waals surface area contributed by atoms with Gasteiger partial charge < -0.3 is 14.8 Å². The van der Waals surface area contributed by atoms with Crippen LogP contribution in [0.2, 0.25) is 0 Å². The van der Waals surface area contributed by atoms with E-state index in [4.69, 9.17) is 19.4 Å². The quantitative estimate of drug-likeness (QED) is 0.360. The van der Waals surface area contributed by atoms with E-state index in [1.807, 2.05) is 12.1 Å². The number of nitrogens with one attached hydrogen (secondary N) is 1. The number of benzene rings is 1. The van der Waals surface area contributed by atoms with Gasteiger partial charge in [-0.05, 0) is 67.3 Å². The maximum absolute atomic E-state index is 5.43. The molecule has 0 fully saturated rings. The third-order valence-electron chi connectivity index (χ3n) is 6.45. The van der Waals surface area contributed by atoms with Gasteiger partial charge in [-0.1, -0.05) is 19.4 Å². The molecule has 1 aromatic carbocycles. The van der Waals surface area contributed by atoms with Crippen LogP contribution in [0.25, 0.3) is 20.4 Å². The van der Waals surface area contributed by atoms with E-state index in [1.165, 1.54) is 40.6 Å². The predicted octanol–water partition coefficient (Wildman–Crippen LogP) is 5.74. The fourth-order valence-corrected chi connectivity index (χ4v) is 6.01. The molecule has 1 aliphatic carbocycles. The summed E-state index contributed by atoms with van der Waals surface area (Å²) in [6.45, 7) is 3.00. The third-order valence-corrected chi connectivity index (χ3v) is 7.53. The summed E-state index contributed by atoms with van der Waals surface area (Å²) in [6, 6.07) is 6.05. The number of aryl methyl sites for hydroxylation is 2. The second-order valence-corrected chi connectivity index (χ2v) is 9.52. The highest BCUT2D eigenvalue weighted by molar-refractivity contribution is 7.26. The Morgan fingerprint density at radius 1 is 1.00 bits per heavy atom. The van der Waals surface area contributed by atoms with Crippen LogP contribution in [-0.4, -0.2) is 35.7 Å². The number of ether oxygens (including phenoxy) is 2. The molecule has 3 heterocycles. The van der Waals surface area contributed by atoms with Crippen molar-refractivity contribution in [3.63, 3.8) is 0 Å². The van der Waals surface area contributed by atoms with Crippen LogP contribution in [0.4, 0.5) is 5.82 Å². The number of nitrogens with zero attached hydrogens (tertiary/aromatic N) is 3. The Morgan fingerprint density at radius 2 is 1.82 bits per heavy atom. The second kappa shape index (κ2) is 9.51. The Labute approximate surface area is 198 Å². The Hall–Kier alpha value is -2.93. The molecule has 4 aromatic rings. The summed E-state index contributed by atoms with van der Waals surface area (Å²) in [5, 5.41) is 4.80. The van der Waals surface area contributed by atoms with Crippen molar-refractivity contribution in [1.82, 2.24) is 15.0 Å². The number of pyridine rings is 1. The molecule has 6 nitrogen and oxygen atoms in total. The highest BCUT2D eigenvalue weighted by Crippen LogP contribution is 2.40. The van der Waals surface area contributed by atoms with E-state index in [0.717, 1.165) is 71.0 Å². The van der Waals surface area contributed by atoms with Crippen molar-refractivity contribution < 1.29 is 9.47 Å². The second-order valence-electron chi connectivity index (χ2n) is 8.52. The zero-order valence-corrected chi connectivity index (χ0v) is 20.3. The minimum Gasteiger partial charge on any atom is -0.493 e. The number of methoxy groups -OCH3 is 2. The number of anilines is 1. The molecule has 0 radical (unpaired) electrons.